The first kappa shape index (κ1) is 18.5. The highest BCUT2D eigenvalue weighted by molar-refractivity contribution is 5.81. The van der Waals surface area contributed by atoms with Crippen LogP contribution in [0.4, 0.5) is 13.2 Å². The Morgan fingerprint density at radius 1 is 1.18 bits per heavy atom. The molecule has 1 fully saturated rings. The van der Waals surface area contributed by atoms with Gasteiger partial charge in [0.1, 0.15) is 29.3 Å². The van der Waals surface area contributed by atoms with Crippen molar-refractivity contribution in [3.63, 3.8) is 0 Å². The van der Waals surface area contributed by atoms with Crippen LogP contribution in [0.3, 0.4) is 0 Å². The molecule has 148 valence electrons. The molecule has 3 aromatic rings. The molecule has 0 radical (unpaired) electrons. The van der Waals surface area contributed by atoms with Gasteiger partial charge in [-0.1, -0.05) is 0 Å². The molecule has 0 spiro atoms. The van der Waals surface area contributed by atoms with Crippen LogP contribution < -0.4 is 9.47 Å². The van der Waals surface area contributed by atoms with E-state index in [1.54, 1.807) is 0 Å². The third-order valence-electron chi connectivity index (χ3n) is 4.65. The lowest BCUT2D eigenvalue weighted by Gasteiger charge is -2.28. The Morgan fingerprint density at radius 3 is 2.68 bits per heavy atom. The van der Waals surface area contributed by atoms with E-state index in [2.05, 4.69) is 31.8 Å². The van der Waals surface area contributed by atoms with Crippen LogP contribution in [0.2, 0.25) is 0 Å². The van der Waals surface area contributed by atoms with Gasteiger partial charge in [0, 0.05) is 19.2 Å². The van der Waals surface area contributed by atoms with Crippen molar-refractivity contribution < 1.29 is 22.6 Å². The molecule has 0 aliphatic carbocycles. The quantitative estimate of drug-likeness (QED) is 0.664. The highest BCUT2D eigenvalue weighted by Crippen LogP contribution is 2.28. The Labute approximate surface area is 158 Å². The van der Waals surface area contributed by atoms with Gasteiger partial charge >= 0.3 is 6.61 Å². The minimum absolute atomic E-state index is 0.0418. The normalized spacial score (nSPS) is 16.0. The number of nitrogens with zero attached hydrogens (tertiary/aromatic N) is 5. The molecule has 2 aromatic heterocycles. The van der Waals surface area contributed by atoms with Crippen LogP contribution in [-0.4, -0.2) is 57.5 Å². The molecule has 0 bridgehead atoms. The van der Waals surface area contributed by atoms with E-state index in [1.165, 1.54) is 29.3 Å². The monoisotopic (exact) mass is 393 g/mol. The van der Waals surface area contributed by atoms with Crippen LogP contribution in [0.15, 0.2) is 30.7 Å². The average molecular weight is 393 g/mol. The van der Waals surface area contributed by atoms with Gasteiger partial charge in [-0.05, 0) is 32.0 Å². The summed E-state index contributed by atoms with van der Waals surface area (Å²) in [5, 5.41) is 4.73. The van der Waals surface area contributed by atoms with Gasteiger partial charge in [0.05, 0.1) is 6.20 Å². The number of aromatic nitrogens is 4. The number of piperidine rings is 1. The van der Waals surface area contributed by atoms with Gasteiger partial charge in [0.2, 0.25) is 5.88 Å². The molecule has 10 heteroatoms. The molecule has 0 N–H and O–H groups in total. The van der Waals surface area contributed by atoms with Gasteiger partial charge in [-0.15, -0.1) is 0 Å². The first-order chi connectivity index (χ1) is 13.5. The third-order valence-corrected chi connectivity index (χ3v) is 4.65. The van der Waals surface area contributed by atoms with Gasteiger partial charge in [0.25, 0.3) is 0 Å². The lowest BCUT2D eigenvalue weighted by Crippen LogP contribution is -2.35. The summed E-state index contributed by atoms with van der Waals surface area (Å²) in [5.74, 6) is -0.642. The number of fused-ring (bicyclic) bond motifs is 1. The second-order valence-corrected chi connectivity index (χ2v) is 6.58. The number of alkyl halides is 2. The average Bonchev–Trinajstić information content (AvgIpc) is 3.08. The fourth-order valence-electron chi connectivity index (χ4n) is 3.19. The number of halogens is 3. The summed E-state index contributed by atoms with van der Waals surface area (Å²) < 4.78 is 50.6. The van der Waals surface area contributed by atoms with Crippen LogP contribution in [-0.2, 0) is 0 Å². The molecule has 1 aliphatic rings. The maximum atomic E-state index is 14.4. The van der Waals surface area contributed by atoms with E-state index in [9.17, 15) is 13.2 Å². The van der Waals surface area contributed by atoms with Crippen LogP contribution >= 0.6 is 0 Å². The summed E-state index contributed by atoms with van der Waals surface area (Å²) in [6, 6.07) is 3.43. The van der Waals surface area contributed by atoms with E-state index >= 15 is 0 Å². The molecule has 7 nitrogen and oxygen atoms in total. The Balaban J connectivity index is 1.63. The smallest absolute Gasteiger partial charge is 0.387 e. The maximum Gasteiger partial charge on any atom is 0.387 e. The van der Waals surface area contributed by atoms with Gasteiger partial charge in [-0.25, -0.2) is 19.0 Å². The van der Waals surface area contributed by atoms with Crippen molar-refractivity contribution in [2.75, 3.05) is 20.1 Å². The zero-order chi connectivity index (χ0) is 19.7. The predicted octanol–water partition coefficient (Wildman–Crippen LogP) is 3.03. The molecule has 1 aromatic carbocycles. The molecule has 4 rings (SSSR count). The summed E-state index contributed by atoms with van der Waals surface area (Å²) >= 11 is 0. The van der Waals surface area contributed by atoms with Crippen LogP contribution in [0.5, 0.6) is 11.6 Å². The van der Waals surface area contributed by atoms with Crippen molar-refractivity contribution in [2.45, 2.75) is 25.6 Å². The lowest BCUT2D eigenvalue weighted by molar-refractivity contribution is -0.0500. The third kappa shape index (κ3) is 3.72. The molecule has 0 atom stereocenters. The number of rotatable bonds is 5. The Bertz CT molecular complexity index is 973. The highest BCUT2D eigenvalue weighted by atomic mass is 19.3. The Hall–Kier alpha value is -2.88. The number of hydrogen-bond donors (Lipinski definition) is 0. The van der Waals surface area contributed by atoms with Gasteiger partial charge in [-0.3, -0.25) is 0 Å². The maximum absolute atomic E-state index is 14.4. The van der Waals surface area contributed by atoms with E-state index in [1.807, 2.05) is 0 Å². The van der Waals surface area contributed by atoms with Crippen molar-refractivity contribution >= 4 is 11.0 Å². The molecule has 28 heavy (non-hydrogen) atoms. The van der Waals surface area contributed by atoms with Crippen LogP contribution in [0.1, 0.15) is 12.8 Å². The van der Waals surface area contributed by atoms with E-state index < -0.39 is 12.4 Å². The van der Waals surface area contributed by atoms with E-state index in [-0.39, 0.29) is 17.5 Å². The van der Waals surface area contributed by atoms with Crippen molar-refractivity contribution in [3.05, 3.63) is 36.5 Å². The molecule has 1 aliphatic heterocycles. The molecule has 1 saturated heterocycles. The second-order valence-electron chi connectivity index (χ2n) is 6.58. The molecule has 0 unspecified atom stereocenters. The fraction of sp³-hybridized carbons (Fsp3) is 0.389. The van der Waals surface area contributed by atoms with Crippen molar-refractivity contribution in [3.8, 4) is 17.3 Å². The zero-order valence-corrected chi connectivity index (χ0v) is 15.1. The first-order valence-corrected chi connectivity index (χ1v) is 8.80. The summed E-state index contributed by atoms with van der Waals surface area (Å²) in [7, 11) is 2.06. The number of benzene rings is 1. The van der Waals surface area contributed by atoms with Gasteiger partial charge < -0.3 is 14.4 Å². The highest BCUT2D eigenvalue weighted by Gasteiger charge is 2.21. The minimum Gasteiger partial charge on any atom is -0.474 e. The van der Waals surface area contributed by atoms with E-state index in [4.69, 9.17) is 4.74 Å². The largest absolute Gasteiger partial charge is 0.474 e. The fourth-order valence-corrected chi connectivity index (χ4v) is 3.19. The Morgan fingerprint density at radius 2 is 1.96 bits per heavy atom. The predicted molar refractivity (Wildman–Crippen MR) is 94.4 cm³/mol. The molecular formula is C18H18F3N5O2. The summed E-state index contributed by atoms with van der Waals surface area (Å²) in [5.41, 5.74) is 0.417. The molecule has 0 amide bonds. The summed E-state index contributed by atoms with van der Waals surface area (Å²) in [6.45, 7) is -1.14. The topological polar surface area (TPSA) is 65.3 Å². The number of hydrogen-bond acceptors (Lipinski definition) is 6. The lowest BCUT2D eigenvalue weighted by atomic mass is 10.1. The van der Waals surface area contributed by atoms with Crippen molar-refractivity contribution in [2.24, 2.45) is 0 Å². The standard InChI is InChI=1S/C18H18F3N5O2/c1-25-6-4-11(5-7-25)27-17-13-9-24-26(16(13)22-10-23-17)15-3-2-12(8-14(15)19)28-18(20)21/h2-3,8-11,18H,4-7H2,1H3. The number of likely N-dealkylation sites (tertiary alicyclic amines) is 1. The van der Waals surface area contributed by atoms with Crippen molar-refractivity contribution in [1.82, 2.24) is 24.6 Å². The van der Waals surface area contributed by atoms with Crippen LogP contribution in [0, 0.1) is 5.82 Å². The first-order valence-electron chi connectivity index (χ1n) is 8.80. The second kappa shape index (κ2) is 7.63. The SMILES string of the molecule is CN1CCC(Oc2ncnc3c2cnn3-c2ccc(OC(F)F)cc2F)CC1. The van der Waals surface area contributed by atoms with Crippen LogP contribution in [0.25, 0.3) is 16.7 Å². The molecule has 3 heterocycles. The summed E-state index contributed by atoms with van der Waals surface area (Å²) in [4.78, 5) is 10.6. The Kier molecular flexibility index (Phi) is 5.03. The zero-order valence-electron chi connectivity index (χ0n) is 15.1. The molecule has 0 saturated carbocycles. The summed E-state index contributed by atoms with van der Waals surface area (Å²) in [6.07, 6.45) is 4.65. The number of ether oxygens (including phenoxy) is 2. The van der Waals surface area contributed by atoms with E-state index in [0.717, 1.165) is 32.0 Å². The van der Waals surface area contributed by atoms with Crippen molar-refractivity contribution in [1.29, 1.82) is 0 Å². The van der Waals surface area contributed by atoms with Gasteiger partial charge in [-0.2, -0.15) is 13.9 Å². The van der Waals surface area contributed by atoms with E-state index in [0.29, 0.717) is 16.9 Å². The minimum atomic E-state index is -3.03. The molecular weight excluding hydrogens is 375 g/mol. The van der Waals surface area contributed by atoms with Gasteiger partial charge in [0.15, 0.2) is 11.5 Å².